The second kappa shape index (κ2) is 5.36. The summed E-state index contributed by atoms with van der Waals surface area (Å²) in [6, 6.07) is 3.41. The van der Waals surface area contributed by atoms with Crippen LogP contribution < -0.4 is 4.74 Å². The van der Waals surface area contributed by atoms with Gasteiger partial charge in [-0.2, -0.15) is 5.26 Å². The molecule has 17 heavy (non-hydrogen) atoms. The van der Waals surface area contributed by atoms with E-state index in [0.717, 1.165) is 0 Å². The smallest absolute Gasteiger partial charge is 0.388 e. The Morgan fingerprint density at radius 2 is 2.12 bits per heavy atom. The van der Waals surface area contributed by atoms with Crippen molar-refractivity contribution in [3.63, 3.8) is 0 Å². The van der Waals surface area contributed by atoms with Gasteiger partial charge in [0.15, 0.2) is 0 Å². The molecule has 0 bridgehead atoms. The second-order valence-corrected chi connectivity index (χ2v) is 3.77. The summed E-state index contributed by atoms with van der Waals surface area (Å²) in [5, 5.41) is 8.73. The predicted octanol–water partition coefficient (Wildman–Crippen LogP) is 3.25. The molecule has 0 fully saturated rings. The Morgan fingerprint density at radius 1 is 1.47 bits per heavy atom. The molecule has 1 aromatic heterocycles. The Hall–Kier alpha value is -1.29. The van der Waals surface area contributed by atoms with E-state index in [0.29, 0.717) is 11.3 Å². The summed E-state index contributed by atoms with van der Waals surface area (Å²) in [7, 11) is 0. The van der Waals surface area contributed by atoms with Gasteiger partial charge in [0.2, 0.25) is 5.88 Å². The van der Waals surface area contributed by atoms with Gasteiger partial charge in [-0.1, -0.05) is 15.9 Å². The first kappa shape index (κ1) is 13.8. The van der Waals surface area contributed by atoms with Crippen molar-refractivity contribution in [1.82, 2.24) is 4.98 Å². The summed E-state index contributed by atoms with van der Waals surface area (Å²) in [4.78, 5) is 3.72. The number of hydrogen-bond acceptors (Lipinski definition) is 3. The van der Waals surface area contributed by atoms with Gasteiger partial charge in [0, 0.05) is 16.6 Å². The molecule has 0 aliphatic rings. The van der Waals surface area contributed by atoms with E-state index < -0.39 is 12.2 Å². The van der Waals surface area contributed by atoms with Crippen molar-refractivity contribution in [3.8, 4) is 11.9 Å². The summed E-state index contributed by atoms with van der Waals surface area (Å²) in [6.07, 6.45) is -4.67. The van der Waals surface area contributed by atoms with Gasteiger partial charge < -0.3 is 4.74 Å². The van der Waals surface area contributed by atoms with Gasteiger partial charge in [-0.25, -0.2) is 4.98 Å². The highest BCUT2D eigenvalue weighted by Crippen LogP contribution is 2.27. The largest absolute Gasteiger partial charge is 0.574 e. The summed E-state index contributed by atoms with van der Waals surface area (Å²) in [5.74, 6) is -0.478. The lowest BCUT2D eigenvalue weighted by Crippen LogP contribution is -2.19. The highest BCUT2D eigenvalue weighted by Gasteiger charge is 2.33. The lowest BCUT2D eigenvalue weighted by molar-refractivity contribution is -0.276. The van der Waals surface area contributed by atoms with Crippen molar-refractivity contribution in [1.29, 1.82) is 5.26 Å². The molecule has 0 radical (unpaired) electrons. The average Bonchev–Trinajstić information content (AvgIpc) is 2.20. The van der Waals surface area contributed by atoms with Crippen molar-refractivity contribution in [2.24, 2.45) is 0 Å². The maximum absolute atomic E-state index is 12.1. The van der Waals surface area contributed by atoms with E-state index in [1.807, 2.05) is 6.07 Å². The van der Waals surface area contributed by atoms with E-state index >= 15 is 0 Å². The number of nitrogens with zero attached hydrogens (tertiary/aromatic N) is 2. The number of rotatable bonds is 3. The zero-order chi connectivity index (χ0) is 13.1. The highest BCUT2D eigenvalue weighted by molar-refractivity contribution is 9.08. The molecule has 92 valence electrons. The third-order valence-corrected chi connectivity index (χ3v) is 2.59. The topological polar surface area (TPSA) is 45.9 Å². The normalized spacial score (nSPS) is 11.1. The molecular weight excluding hydrogens is 301 g/mol. The fraction of sp³-hybridized carbons (Fsp3) is 0.400. The van der Waals surface area contributed by atoms with Gasteiger partial charge in [-0.3, -0.25) is 0 Å². The van der Waals surface area contributed by atoms with E-state index in [9.17, 15) is 13.2 Å². The van der Waals surface area contributed by atoms with Gasteiger partial charge in [0.25, 0.3) is 0 Å². The Bertz CT molecular complexity index is 454. The Morgan fingerprint density at radius 3 is 2.59 bits per heavy atom. The highest BCUT2D eigenvalue weighted by atomic mass is 79.9. The van der Waals surface area contributed by atoms with E-state index in [-0.39, 0.29) is 17.3 Å². The van der Waals surface area contributed by atoms with Crippen molar-refractivity contribution >= 4 is 15.9 Å². The third kappa shape index (κ3) is 3.89. The molecule has 1 aromatic rings. The Kier molecular flexibility index (Phi) is 4.34. The molecule has 1 heterocycles. The first-order valence-electron chi connectivity index (χ1n) is 4.55. The molecule has 0 aromatic carbocycles. The van der Waals surface area contributed by atoms with Crippen molar-refractivity contribution in [2.45, 2.75) is 25.0 Å². The van der Waals surface area contributed by atoms with Crippen molar-refractivity contribution in [2.75, 3.05) is 0 Å². The molecule has 0 saturated heterocycles. The number of hydrogen-bond donors (Lipinski definition) is 0. The first-order chi connectivity index (χ1) is 7.87. The maximum Gasteiger partial charge on any atom is 0.574 e. The van der Waals surface area contributed by atoms with Crippen LogP contribution in [0.1, 0.15) is 16.8 Å². The van der Waals surface area contributed by atoms with Crippen LogP contribution >= 0.6 is 15.9 Å². The molecule has 0 aliphatic carbocycles. The van der Waals surface area contributed by atoms with E-state index in [1.54, 1.807) is 0 Å². The molecule has 1 rings (SSSR count). The number of ether oxygens (including phenoxy) is 1. The molecule has 0 saturated carbocycles. The Labute approximate surface area is 104 Å². The summed E-state index contributed by atoms with van der Waals surface area (Å²) in [5.41, 5.74) is 1.21. The minimum atomic E-state index is -4.77. The number of pyridine rings is 1. The van der Waals surface area contributed by atoms with Gasteiger partial charge in [-0.05, 0) is 18.6 Å². The summed E-state index contributed by atoms with van der Waals surface area (Å²) < 4.78 is 40.1. The van der Waals surface area contributed by atoms with Crippen LogP contribution in [-0.4, -0.2) is 11.3 Å². The molecule has 7 heteroatoms. The SMILES string of the molecule is Cc1nc(OC(F)(F)F)c(CBr)cc1CC#N. The average molecular weight is 309 g/mol. The zero-order valence-electron chi connectivity index (χ0n) is 8.81. The van der Waals surface area contributed by atoms with Crippen molar-refractivity contribution < 1.29 is 17.9 Å². The lowest BCUT2D eigenvalue weighted by atomic mass is 10.1. The molecule has 0 unspecified atom stereocenters. The van der Waals surface area contributed by atoms with Gasteiger partial charge in [-0.15, -0.1) is 13.2 Å². The molecule has 0 amide bonds. The van der Waals surface area contributed by atoms with Gasteiger partial charge in [0.1, 0.15) is 0 Å². The molecule has 0 spiro atoms. The predicted molar refractivity (Wildman–Crippen MR) is 57.6 cm³/mol. The third-order valence-electron chi connectivity index (χ3n) is 1.98. The molecular formula is C10H8BrF3N2O. The van der Waals surface area contributed by atoms with Gasteiger partial charge in [0.05, 0.1) is 12.5 Å². The van der Waals surface area contributed by atoms with Crippen LogP contribution in [0.15, 0.2) is 6.07 Å². The van der Waals surface area contributed by atoms with Crippen LogP contribution in [0.2, 0.25) is 0 Å². The number of aryl methyl sites for hydroxylation is 1. The standard InChI is InChI=1S/C10H8BrF3N2O/c1-6-7(2-3-15)4-8(5-11)9(16-6)17-10(12,13)14/h4H,2,5H2,1H3. The van der Waals surface area contributed by atoms with Crippen LogP contribution in [0.4, 0.5) is 13.2 Å². The van der Waals surface area contributed by atoms with Crippen LogP contribution in [0, 0.1) is 18.3 Å². The maximum atomic E-state index is 12.1. The quantitative estimate of drug-likeness (QED) is 0.805. The van der Waals surface area contributed by atoms with Gasteiger partial charge >= 0.3 is 6.36 Å². The fourth-order valence-corrected chi connectivity index (χ4v) is 1.63. The molecule has 0 aliphatic heterocycles. The van der Waals surface area contributed by atoms with E-state index in [2.05, 4.69) is 25.7 Å². The Balaban J connectivity index is 3.15. The second-order valence-electron chi connectivity index (χ2n) is 3.21. The van der Waals surface area contributed by atoms with Crippen LogP contribution in [0.25, 0.3) is 0 Å². The van der Waals surface area contributed by atoms with Crippen molar-refractivity contribution in [3.05, 3.63) is 22.9 Å². The monoisotopic (exact) mass is 308 g/mol. The molecule has 0 N–H and O–H groups in total. The first-order valence-corrected chi connectivity index (χ1v) is 5.67. The van der Waals surface area contributed by atoms with E-state index in [1.165, 1.54) is 13.0 Å². The van der Waals surface area contributed by atoms with E-state index in [4.69, 9.17) is 5.26 Å². The zero-order valence-corrected chi connectivity index (χ0v) is 10.4. The number of halogens is 4. The minimum Gasteiger partial charge on any atom is -0.388 e. The minimum absolute atomic E-state index is 0.102. The number of aromatic nitrogens is 1. The van der Waals surface area contributed by atoms with Crippen LogP contribution in [-0.2, 0) is 11.8 Å². The fourth-order valence-electron chi connectivity index (χ4n) is 1.23. The van der Waals surface area contributed by atoms with Crippen LogP contribution in [0.3, 0.4) is 0 Å². The number of nitriles is 1. The van der Waals surface area contributed by atoms with Crippen LogP contribution in [0.5, 0.6) is 5.88 Å². The summed E-state index contributed by atoms with van der Waals surface area (Å²) in [6.45, 7) is 1.54. The summed E-state index contributed by atoms with van der Waals surface area (Å²) >= 11 is 3.06. The molecule has 3 nitrogen and oxygen atoms in total. The lowest BCUT2D eigenvalue weighted by Gasteiger charge is -2.13. The molecule has 0 atom stereocenters. The number of alkyl halides is 4.